The van der Waals surface area contributed by atoms with Gasteiger partial charge in [-0.1, -0.05) is 0 Å². The van der Waals surface area contributed by atoms with Crippen LogP contribution in [0.15, 0.2) is 30.0 Å². The molecule has 2 N–H and O–H groups in total. The van der Waals surface area contributed by atoms with Crippen molar-refractivity contribution in [2.75, 3.05) is 5.73 Å². The fraction of sp³-hybridized carbons (Fsp3) is 0. The Morgan fingerprint density at radius 3 is 3.00 bits per heavy atom. The van der Waals surface area contributed by atoms with Gasteiger partial charge in [-0.05, 0) is 11.4 Å². The van der Waals surface area contributed by atoms with Gasteiger partial charge in [0, 0.05) is 12.3 Å². The molecule has 0 radical (unpaired) electrons. The molecule has 5 nitrogen and oxygen atoms in total. The summed E-state index contributed by atoms with van der Waals surface area (Å²) in [5.74, 6) is 0.733. The average molecular weight is 217 g/mol. The standard InChI is InChI=1S/C9H7N5S/c10-8-6(2-4-15-8)9-13-12-7-1-3-11-5-14(7)9/h1-5H,10H2. The summed E-state index contributed by atoms with van der Waals surface area (Å²) in [6.45, 7) is 0. The molecule has 3 heterocycles. The number of hydrogen-bond acceptors (Lipinski definition) is 5. The smallest absolute Gasteiger partial charge is 0.172 e. The van der Waals surface area contributed by atoms with Gasteiger partial charge in [-0.15, -0.1) is 21.5 Å². The number of nitrogens with zero attached hydrogens (tertiary/aromatic N) is 4. The number of aromatic nitrogens is 4. The molecule has 0 fully saturated rings. The van der Waals surface area contributed by atoms with Crippen molar-refractivity contribution < 1.29 is 0 Å². The molecule has 0 saturated heterocycles. The van der Waals surface area contributed by atoms with Crippen LogP contribution < -0.4 is 5.73 Å². The Kier molecular flexibility index (Phi) is 1.69. The molecule has 0 aromatic carbocycles. The van der Waals surface area contributed by atoms with Crippen LogP contribution in [0.1, 0.15) is 0 Å². The van der Waals surface area contributed by atoms with E-state index in [2.05, 4.69) is 15.2 Å². The van der Waals surface area contributed by atoms with Crippen molar-refractivity contribution in [1.29, 1.82) is 0 Å². The average Bonchev–Trinajstić information content (AvgIpc) is 2.83. The second-order valence-corrected chi connectivity index (χ2v) is 3.98. The largest absolute Gasteiger partial charge is 0.390 e. The zero-order valence-corrected chi connectivity index (χ0v) is 8.48. The quantitative estimate of drug-likeness (QED) is 0.669. The van der Waals surface area contributed by atoms with E-state index in [0.29, 0.717) is 0 Å². The molecule has 3 aromatic heterocycles. The fourth-order valence-corrected chi connectivity index (χ4v) is 2.07. The summed E-state index contributed by atoms with van der Waals surface area (Å²) in [6.07, 6.45) is 3.37. The third kappa shape index (κ3) is 1.18. The molecular formula is C9H7N5S. The van der Waals surface area contributed by atoms with E-state index in [4.69, 9.17) is 5.73 Å². The summed E-state index contributed by atoms with van der Waals surface area (Å²) in [5, 5.41) is 10.8. The molecule has 6 heteroatoms. The Balaban J connectivity index is 2.32. The second-order valence-electron chi connectivity index (χ2n) is 3.03. The van der Waals surface area contributed by atoms with Crippen molar-refractivity contribution >= 4 is 22.0 Å². The summed E-state index contributed by atoms with van der Waals surface area (Å²) in [6, 6.07) is 3.74. The molecule has 0 saturated carbocycles. The van der Waals surface area contributed by atoms with Crippen LogP contribution in [0.3, 0.4) is 0 Å². The van der Waals surface area contributed by atoms with E-state index in [1.165, 1.54) is 11.3 Å². The van der Waals surface area contributed by atoms with Gasteiger partial charge >= 0.3 is 0 Å². The minimum atomic E-state index is 0.733. The molecule has 0 bridgehead atoms. The number of nitrogen functional groups attached to an aromatic ring is 1. The van der Waals surface area contributed by atoms with Gasteiger partial charge < -0.3 is 5.73 Å². The van der Waals surface area contributed by atoms with E-state index in [-0.39, 0.29) is 0 Å². The van der Waals surface area contributed by atoms with Crippen molar-refractivity contribution in [2.24, 2.45) is 0 Å². The molecule has 0 aliphatic carbocycles. The maximum atomic E-state index is 5.84. The number of nitrogens with two attached hydrogens (primary N) is 1. The van der Waals surface area contributed by atoms with Crippen LogP contribution in [-0.2, 0) is 0 Å². The first-order valence-electron chi connectivity index (χ1n) is 4.34. The van der Waals surface area contributed by atoms with E-state index in [1.54, 1.807) is 18.6 Å². The highest BCUT2D eigenvalue weighted by Crippen LogP contribution is 2.28. The zero-order chi connectivity index (χ0) is 10.3. The lowest BCUT2D eigenvalue weighted by Gasteiger charge is -1.96. The summed E-state index contributed by atoms with van der Waals surface area (Å²) in [4.78, 5) is 4.03. The lowest BCUT2D eigenvalue weighted by Crippen LogP contribution is -1.91. The van der Waals surface area contributed by atoms with Crippen molar-refractivity contribution in [3.63, 3.8) is 0 Å². The van der Waals surface area contributed by atoms with Crippen molar-refractivity contribution in [2.45, 2.75) is 0 Å². The van der Waals surface area contributed by atoms with Gasteiger partial charge in [0.15, 0.2) is 11.5 Å². The zero-order valence-electron chi connectivity index (χ0n) is 7.66. The predicted octanol–water partition coefficient (Wildman–Crippen LogP) is 1.44. The Morgan fingerprint density at radius 1 is 1.27 bits per heavy atom. The lowest BCUT2D eigenvalue weighted by molar-refractivity contribution is 1.08. The van der Waals surface area contributed by atoms with E-state index < -0.39 is 0 Å². The van der Waals surface area contributed by atoms with Crippen LogP contribution in [0.4, 0.5) is 5.00 Å². The molecule has 0 unspecified atom stereocenters. The summed E-state index contributed by atoms with van der Waals surface area (Å²) in [7, 11) is 0. The Bertz CT molecular complexity index is 612. The second kappa shape index (κ2) is 3.03. The van der Waals surface area contributed by atoms with Crippen molar-refractivity contribution in [3.8, 4) is 11.4 Å². The third-order valence-electron chi connectivity index (χ3n) is 2.15. The van der Waals surface area contributed by atoms with Crippen molar-refractivity contribution in [1.82, 2.24) is 19.6 Å². The van der Waals surface area contributed by atoms with E-state index in [9.17, 15) is 0 Å². The Labute approximate surface area is 89.2 Å². The summed E-state index contributed by atoms with van der Waals surface area (Å²) in [5.41, 5.74) is 7.51. The summed E-state index contributed by atoms with van der Waals surface area (Å²) < 4.78 is 1.82. The maximum Gasteiger partial charge on any atom is 0.172 e. The summed E-state index contributed by atoms with van der Waals surface area (Å²) >= 11 is 1.49. The molecule has 15 heavy (non-hydrogen) atoms. The third-order valence-corrected chi connectivity index (χ3v) is 2.90. The molecule has 0 aliphatic heterocycles. The van der Waals surface area contributed by atoms with Crippen LogP contribution in [0.5, 0.6) is 0 Å². The molecule has 0 atom stereocenters. The van der Waals surface area contributed by atoms with Crippen LogP contribution in [-0.4, -0.2) is 19.6 Å². The molecule has 0 spiro atoms. The number of rotatable bonds is 1. The highest BCUT2D eigenvalue weighted by molar-refractivity contribution is 7.14. The number of hydrogen-bond donors (Lipinski definition) is 1. The monoisotopic (exact) mass is 217 g/mol. The molecular weight excluding hydrogens is 210 g/mol. The molecule has 0 amide bonds. The molecule has 3 rings (SSSR count). The minimum absolute atomic E-state index is 0.733. The van der Waals surface area contributed by atoms with Crippen LogP contribution in [0.2, 0.25) is 0 Å². The Hall–Kier alpha value is -1.95. The first kappa shape index (κ1) is 8.37. The van der Waals surface area contributed by atoms with Crippen LogP contribution in [0.25, 0.3) is 17.0 Å². The van der Waals surface area contributed by atoms with E-state index >= 15 is 0 Å². The van der Waals surface area contributed by atoms with Gasteiger partial charge in [-0.2, -0.15) is 0 Å². The topological polar surface area (TPSA) is 69.1 Å². The first-order valence-corrected chi connectivity index (χ1v) is 5.22. The molecule has 0 aliphatic rings. The van der Waals surface area contributed by atoms with Gasteiger partial charge in [-0.25, -0.2) is 4.98 Å². The van der Waals surface area contributed by atoms with Crippen molar-refractivity contribution in [3.05, 3.63) is 30.0 Å². The number of thiophene rings is 1. The predicted molar refractivity (Wildman–Crippen MR) is 58.5 cm³/mol. The highest BCUT2D eigenvalue weighted by atomic mass is 32.1. The van der Waals surface area contributed by atoms with Gasteiger partial charge in [-0.3, -0.25) is 4.40 Å². The van der Waals surface area contributed by atoms with Gasteiger partial charge in [0.1, 0.15) is 6.33 Å². The lowest BCUT2D eigenvalue weighted by atomic mass is 10.3. The Morgan fingerprint density at radius 2 is 2.20 bits per heavy atom. The fourth-order valence-electron chi connectivity index (χ4n) is 1.44. The normalized spacial score (nSPS) is 10.9. The van der Waals surface area contributed by atoms with E-state index in [0.717, 1.165) is 22.0 Å². The first-order chi connectivity index (χ1) is 7.36. The molecule has 3 aromatic rings. The van der Waals surface area contributed by atoms with Crippen LogP contribution in [0, 0.1) is 0 Å². The number of anilines is 1. The van der Waals surface area contributed by atoms with Crippen LogP contribution >= 0.6 is 11.3 Å². The van der Waals surface area contributed by atoms with E-state index in [1.807, 2.05) is 15.8 Å². The highest BCUT2D eigenvalue weighted by Gasteiger charge is 2.11. The minimum Gasteiger partial charge on any atom is -0.390 e. The number of fused-ring (bicyclic) bond motifs is 1. The molecule has 74 valence electrons. The maximum absolute atomic E-state index is 5.84. The SMILES string of the molecule is Nc1sccc1-c1nnc2ccncn12. The van der Waals surface area contributed by atoms with Gasteiger partial charge in [0.2, 0.25) is 0 Å². The van der Waals surface area contributed by atoms with Gasteiger partial charge in [0.05, 0.1) is 10.6 Å². The van der Waals surface area contributed by atoms with Gasteiger partial charge in [0.25, 0.3) is 0 Å².